The van der Waals surface area contributed by atoms with Crippen LogP contribution < -0.4 is 0 Å². The molecule has 3 rings (SSSR count). The van der Waals surface area contributed by atoms with Crippen LogP contribution in [0.2, 0.25) is 0 Å². The molecule has 1 aromatic carbocycles. The summed E-state index contributed by atoms with van der Waals surface area (Å²) in [7, 11) is -7.26. The predicted octanol–water partition coefficient (Wildman–Crippen LogP) is 2.04. The van der Waals surface area contributed by atoms with Crippen LogP contribution >= 0.6 is 0 Å². The van der Waals surface area contributed by atoms with E-state index in [1.54, 1.807) is 20.8 Å². The molecule has 1 fully saturated rings. The third kappa shape index (κ3) is 3.85. The lowest BCUT2D eigenvalue weighted by Gasteiger charge is -2.24. The van der Waals surface area contributed by atoms with Crippen LogP contribution in [0.3, 0.4) is 0 Å². The summed E-state index contributed by atoms with van der Waals surface area (Å²) in [6, 6.07) is 5.26. The molecule has 28 heavy (non-hydrogen) atoms. The minimum atomic E-state index is -3.90. The normalized spacial score (nSPS) is 21.2. The number of amidine groups is 1. The molecule has 154 valence electrons. The Morgan fingerprint density at radius 3 is 2.32 bits per heavy atom. The van der Waals surface area contributed by atoms with Crippen LogP contribution in [0.1, 0.15) is 32.8 Å². The Morgan fingerprint density at radius 1 is 1.07 bits per heavy atom. The molecule has 0 aromatic heterocycles. The molecule has 0 unspecified atom stereocenters. The zero-order valence-electron chi connectivity index (χ0n) is 16.1. The van der Waals surface area contributed by atoms with E-state index in [1.807, 2.05) is 4.90 Å². The molecule has 0 N–H and O–H groups in total. The fourth-order valence-electron chi connectivity index (χ4n) is 3.44. The maximum absolute atomic E-state index is 13.2. The second-order valence-electron chi connectivity index (χ2n) is 7.18. The van der Waals surface area contributed by atoms with Crippen LogP contribution in [0.4, 0.5) is 4.39 Å². The largest absolute Gasteiger partial charge is 0.354 e. The predicted molar refractivity (Wildman–Crippen MR) is 107 cm³/mol. The SMILES string of the molecule is CC1=C(c2ccc(F)cc2)S(=O)(=O)N=C1N1CCCN(S(=O)(=O)C(C)C)CC1. The summed E-state index contributed by atoms with van der Waals surface area (Å²) in [5, 5.41) is -0.505. The smallest absolute Gasteiger partial charge is 0.285 e. The molecule has 1 aromatic rings. The minimum absolute atomic E-state index is 0.0680. The summed E-state index contributed by atoms with van der Waals surface area (Å²) in [5.41, 5.74) is 0.878. The van der Waals surface area contributed by atoms with E-state index in [0.29, 0.717) is 43.0 Å². The van der Waals surface area contributed by atoms with Gasteiger partial charge in [-0.05, 0) is 44.9 Å². The van der Waals surface area contributed by atoms with E-state index in [-0.39, 0.29) is 11.4 Å². The van der Waals surface area contributed by atoms with E-state index in [9.17, 15) is 21.2 Å². The van der Waals surface area contributed by atoms with Gasteiger partial charge in [0.05, 0.1) is 5.25 Å². The maximum atomic E-state index is 13.2. The number of hydrogen-bond acceptors (Lipinski definition) is 5. The molecule has 2 heterocycles. The number of hydrogen-bond donors (Lipinski definition) is 0. The van der Waals surface area contributed by atoms with Gasteiger partial charge >= 0.3 is 0 Å². The summed E-state index contributed by atoms with van der Waals surface area (Å²) < 4.78 is 68.8. The highest BCUT2D eigenvalue weighted by Gasteiger charge is 2.35. The highest BCUT2D eigenvalue weighted by Crippen LogP contribution is 2.34. The average molecular weight is 430 g/mol. The van der Waals surface area contributed by atoms with Crippen LogP contribution in [0.5, 0.6) is 0 Å². The van der Waals surface area contributed by atoms with E-state index < -0.39 is 31.1 Å². The van der Waals surface area contributed by atoms with Gasteiger partial charge in [0.25, 0.3) is 10.0 Å². The molecule has 0 aliphatic carbocycles. The van der Waals surface area contributed by atoms with Crippen LogP contribution in [0.15, 0.2) is 34.2 Å². The van der Waals surface area contributed by atoms with E-state index in [1.165, 1.54) is 28.6 Å². The Balaban J connectivity index is 1.89. The molecule has 7 nitrogen and oxygen atoms in total. The third-order valence-electron chi connectivity index (χ3n) is 4.96. The fraction of sp³-hybridized carbons (Fsp3) is 0.500. The van der Waals surface area contributed by atoms with Crippen LogP contribution in [-0.4, -0.2) is 63.3 Å². The Kier molecular flexibility index (Phi) is 5.66. The molecule has 0 bridgehead atoms. The molecule has 10 heteroatoms. The number of benzene rings is 1. The summed E-state index contributed by atoms with van der Waals surface area (Å²) in [6.45, 7) is 6.50. The topological polar surface area (TPSA) is 87.1 Å². The van der Waals surface area contributed by atoms with Gasteiger partial charge in [-0.25, -0.2) is 12.8 Å². The van der Waals surface area contributed by atoms with Gasteiger partial charge in [-0.15, -0.1) is 4.40 Å². The van der Waals surface area contributed by atoms with Gasteiger partial charge in [-0.1, -0.05) is 12.1 Å². The lowest BCUT2D eigenvalue weighted by atomic mass is 10.1. The zero-order valence-corrected chi connectivity index (χ0v) is 17.7. The molecule has 0 amide bonds. The van der Waals surface area contributed by atoms with Crippen molar-refractivity contribution >= 4 is 30.8 Å². The van der Waals surface area contributed by atoms with Gasteiger partial charge in [-0.3, -0.25) is 0 Å². The van der Waals surface area contributed by atoms with E-state index in [4.69, 9.17) is 0 Å². The van der Waals surface area contributed by atoms with E-state index >= 15 is 0 Å². The Bertz CT molecular complexity index is 1030. The summed E-state index contributed by atoms with van der Waals surface area (Å²) in [5.74, 6) is -0.111. The van der Waals surface area contributed by atoms with Crippen molar-refractivity contribution in [3.8, 4) is 0 Å². The first-order valence-corrected chi connectivity index (χ1v) is 12.0. The highest BCUT2D eigenvalue weighted by atomic mass is 32.2. The van der Waals surface area contributed by atoms with Crippen molar-refractivity contribution in [3.05, 3.63) is 41.2 Å². The molecule has 0 radical (unpaired) electrons. The average Bonchev–Trinajstić information content (AvgIpc) is 2.79. The Hall–Kier alpha value is -1.78. The fourth-order valence-corrected chi connectivity index (χ4v) is 6.24. The minimum Gasteiger partial charge on any atom is -0.354 e. The van der Waals surface area contributed by atoms with Crippen molar-refractivity contribution in [2.75, 3.05) is 26.2 Å². The quantitative estimate of drug-likeness (QED) is 0.734. The summed E-state index contributed by atoms with van der Waals surface area (Å²) >= 11 is 0. The first-order chi connectivity index (χ1) is 13.0. The standard InChI is InChI=1S/C18H24FN3O4S2/c1-13(2)28(25,26)22-10-4-9-21(11-12-22)18-14(3)17(27(23,24)20-18)15-5-7-16(19)8-6-15/h5-8,13H,4,9-12H2,1-3H3. The Morgan fingerprint density at radius 2 is 1.71 bits per heavy atom. The molecule has 1 saturated heterocycles. The number of sulfonamides is 2. The zero-order chi connectivity index (χ0) is 20.7. The molecular formula is C18H24FN3O4S2. The van der Waals surface area contributed by atoms with Gasteiger partial charge in [0.1, 0.15) is 16.6 Å². The van der Waals surface area contributed by atoms with Crippen LogP contribution in [0.25, 0.3) is 4.91 Å². The second-order valence-corrected chi connectivity index (χ2v) is 11.2. The monoisotopic (exact) mass is 429 g/mol. The molecule has 2 aliphatic heterocycles. The lowest BCUT2D eigenvalue weighted by molar-refractivity contribution is 0.405. The van der Waals surface area contributed by atoms with Crippen molar-refractivity contribution < 1.29 is 21.2 Å². The van der Waals surface area contributed by atoms with Crippen molar-refractivity contribution in [1.29, 1.82) is 0 Å². The lowest BCUT2D eigenvalue weighted by Crippen LogP contribution is -2.40. The van der Waals surface area contributed by atoms with Gasteiger partial charge in [-0.2, -0.15) is 12.7 Å². The van der Waals surface area contributed by atoms with E-state index in [2.05, 4.69) is 4.40 Å². The van der Waals surface area contributed by atoms with Gasteiger partial charge in [0.15, 0.2) is 0 Å². The van der Waals surface area contributed by atoms with Crippen LogP contribution in [-0.2, 0) is 20.0 Å². The number of nitrogens with zero attached hydrogens (tertiary/aromatic N) is 3. The van der Waals surface area contributed by atoms with Crippen molar-refractivity contribution in [3.63, 3.8) is 0 Å². The van der Waals surface area contributed by atoms with Crippen molar-refractivity contribution in [1.82, 2.24) is 9.21 Å². The first kappa shape index (κ1) is 20.9. The summed E-state index contributed by atoms with van der Waals surface area (Å²) in [4.78, 5) is 1.89. The third-order valence-corrected chi connectivity index (χ3v) is 8.70. The second kappa shape index (κ2) is 7.57. The van der Waals surface area contributed by atoms with Crippen molar-refractivity contribution in [2.45, 2.75) is 32.4 Å². The first-order valence-electron chi connectivity index (χ1n) is 9.10. The summed E-state index contributed by atoms with van der Waals surface area (Å²) in [6.07, 6.45) is 0.574. The number of rotatable bonds is 3. The van der Waals surface area contributed by atoms with Gasteiger partial charge < -0.3 is 4.90 Å². The number of halogens is 1. The highest BCUT2D eigenvalue weighted by molar-refractivity contribution is 8.00. The molecule has 0 atom stereocenters. The maximum Gasteiger partial charge on any atom is 0.285 e. The molecule has 2 aliphatic rings. The molecule has 0 spiro atoms. The molecular weight excluding hydrogens is 405 g/mol. The van der Waals surface area contributed by atoms with Gasteiger partial charge in [0, 0.05) is 31.8 Å². The van der Waals surface area contributed by atoms with Gasteiger partial charge in [0.2, 0.25) is 10.0 Å². The molecule has 0 saturated carbocycles. The Labute approximate surface area is 165 Å². The van der Waals surface area contributed by atoms with E-state index in [0.717, 1.165) is 0 Å². The van der Waals surface area contributed by atoms with Crippen molar-refractivity contribution in [2.24, 2.45) is 4.40 Å². The van der Waals surface area contributed by atoms with Crippen LogP contribution in [0, 0.1) is 5.82 Å².